The number of carboxylic acid groups (broad SMARTS) is 1. The van der Waals surface area contributed by atoms with E-state index in [1.807, 2.05) is 6.07 Å². The number of nitriles is 1. The van der Waals surface area contributed by atoms with E-state index in [9.17, 15) is 4.79 Å². The molecule has 2 rings (SSSR count). The van der Waals surface area contributed by atoms with Crippen molar-refractivity contribution in [3.05, 3.63) is 28.8 Å². The van der Waals surface area contributed by atoms with Crippen molar-refractivity contribution in [1.29, 1.82) is 5.26 Å². The van der Waals surface area contributed by atoms with E-state index < -0.39 is 12.0 Å². The van der Waals surface area contributed by atoms with Crippen molar-refractivity contribution in [2.24, 2.45) is 5.92 Å². The van der Waals surface area contributed by atoms with Gasteiger partial charge < -0.3 is 10.4 Å². The molecule has 1 aromatic carbocycles. The van der Waals surface area contributed by atoms with Crippen LogP contribution in [-0.2, 0) is 4.79 Å². The summed E-state index contributed by atoms with van der Waals surface area (Å²) in [6.07, 6.45) is 1.83. The molecule has 17 heavy (non-hydrogen) atoms. The van der Waals surface area contributed by atoms with E-state index >= 15 is 0 Å². The second kappa shape index (κ2) is 4.64. The molecule has 4 nitrogen and oxygen atoms in total. The van der Waals surface area contributed by atoms with Crippen molar-refractivity contribution in [1.82, 2.24) is 0 Å². The molecule has 1 atom stereocenters. The van der Waals surface area contributed by atoms with E-state index in [0.29, 0.717) is 16.3 Å². The first-order valence-corrected chi connectivity index (χ1v) is 5.68. The molecule has 1 unspecified atom stereocenters. The fourth-order valence-corrected chi connectivity index (χ4v) is 1.86. The van der Waals surface area contributed by atoms with Gasteiger partial charge in [0.25, 0.3) is 0 Å². The normalized spacial score (nSPS) is 16.0. The number of carbonyl (C=O) groups is 1. The molecule has 0 radical (unpaired) electrons. The molecular weight excluding hydrogens is 240 g/mol. The second-order valence-electron chi connectivity index (χ2n) is 4.10. The summed E-state index contributed by atoms with van der Waals surface area (Å²) in [4.78, 5) is 11.1. The fraction of sp³-hybridized carbons (Fsp3) is 0.333. The summed E-state index contributed by atoms with van der Waals surface area (Å²) in [5.74, 6) is -0.722. The van der Waals surface area contributed by atoms with Gasteiger partial charge >= 0.3 is 5.97 Å². The molecule has 0 aromatic heterocycles. The first-order valence-electron chi connectivity index (χ1n) is 5.31. The Morgan fingerprint density at radius 3 is 2.82 bits per heavy atom. The van der Waals surface area contributed by atoms with Crippen molar-refractivity contribution in [2.75, 3.05) is 5.32 Å². The lowest BCUT2D eigenvalue weighted by Gasteiger charge is -2.16. The standard InChI is InChI=1S/C12H11ClN2O2/c13-9-4-1-7(6-14)5-10(9)15-11(12(16)17)8-2-3-8/h1,4-5,8,11,15H,2-3H2,(H,16,17). The maximum atomic E-state index is 11.1. The quantitative estimate of drug-likeness (QED) is 0.861. The van der Waals surface area contributed by atoms with Crippen LogP contribution in [0.15, 0.2) is 18.2 Å². The topological polar surface area (TPSA) is 73.1 Å². The highest BCUT2D eigenvalue weighted by molar-refractivity contribution is 6.33. The summed E-state index contributed by atoms with van der Waals surface area (Å²) in [7, 11) is 0. The molecule has 1 aromatic rings. The highest BCUT2D eigenvalue weighted by Crippen LogP contribution is 2.35. The molecule has 0 amide bonds. The summed E-state index contributed by atoms with van der Waals surface area (Å²) >= 11 is 5.96. The summed E-state index contributed by atoms with van der Waals surface area (Å²) in [6.45, 7) is 0. The van der Waals surface area contributed by atoms with Crippen LogP contribution in [0.4, 0.5) is 5.69 Å². The molecule has 1 saturated carbocycles. The molecule has 2 N–H and O–H groups in total. The molecule has 0 bridgehead atoms. The Hall–Kier alpha value is -1.73. The zero-order chi connectivity index (χ0) is 12.4. The van der Waals surface area contributed by atoms with Crippen molar-refractivity contribution >= 4 is 23.3 Å². The SMILES string of the molecule is N#Cc1ccc(Cl)c(NC(C(=O)O)C2CC2)c1. The van der Waals surface area contributed by atoms with E-state index in [-0.39, 0.29) is 5.92 Å². The number of aliphatic carboxylic acids is 1. The molecule has 1 aliphatic rings. The van der Waals surface area contributed by atoms with Gasteiger partial charge in [0.15, 0.2) is 0 Å². The third-order valence-electron chi connectivity index (χ3n) is 2.77. The van der Waals surface area contributed by atoms with Crippen LogP contribution in [0.5, 0.6) is 0 Å². The van der Waals surface area contributed by atoms with Crippen LogP contribution >= 0.6 is 11.6 Å². The molecule has 1 aliphatic carbocycles. The lowest BCUT2D eigenvalue weighted by molar-refractivity contribution is -0.138. The third-order valence-corrected chi connectivity index (χ3v) is 3.10. The minimum atomic E-state index is -0.883. The van der Waals surface area contributed by atoms with Crippen LogP contribution in [0.3, 0.4) is 0 Å². The van der Waals surface area contributed by atoms with Gasteiger partial charge in [-0.2, -0.15) is 5.26 Å². The van der Waals surface area contributed by atoms with Gasteiger partial charge in [-0.3, -0.25) is 0 Å². The van der Waals surface area contributed by atoms with Crippen LogP contribution in [0.1, 0.15) is 18.4 Å². The molecule has 0 saturated heterocycles. The molecular formula is C12H11ClN2O2. The Morgan fingerprint density at radius 2 is 2.29 bits per heavy atom. The first kappa shape index (κ1) is 11.7. The largest absolute Gasteiger partial charge is 0.480 e. The van der Waals surface area contributed by atoms with E-state index in [1.165, 1.54) is 0 Å². The lowest BCUT2D eigenvalue weighted by Crippen LogP contribution is -2.31. The zero-order valence-corrected chi connectivity index (χ0v) is 9.74. The average molecular weight is 251 g/mol. The van der Waals surface area contributed by atoms with E-state index in [0.717, 1.165) is 12.8 Å². The predicted molar refractivity (Wildman–Crippen MR) is 63.9 cm³/mol. The van der Waals surface area contributed by atoms with Gasteiger partial charge in [-0.25, -0.2) is 4.79 Å². The zero-order valence-electron chi connectivity index (χ0n) is 8.98. The van der Waals surface area contributed by atoms with Crippen molar-refractivity contribution in [3.63, 3.8) is 0 Å². The Bertz CT molecular complexity index is 492. The molecule has 0 heterocycles. The predicted octanol–water partition coefficient (Wildman–Crippen LogP) is 2.49. The van der Waals surface area contributed by atoms with Crippen LogP contribution < -0.4 is 5.32 Å². The van der Waals surface area contributed by atoms with Crippen LogP contribution in [0.2, 0.25) is 5.02 Å². The average Bonchev–Trinajstić information content (AvgIpc) is 3.11. The van der Waals surface area contributed by atoms with Crippen LogP contribution in [-0.4, -0.2) is 17.1 Å². The van der Waals surface area contributed by atoms with Gasteiger partial charge in [-0.15, -0.1) is 0 Å². The number of hydrogen-bond donors (Lipinski definition) is 2. The van der Waals surface area contributed by atoms with Gasteiger partial charge in [0.2, 0.25) is 0 Å². The molecule has 0 spiro atoms. The monoisotopic (exact) mass is 250 g/mol. The first-order chi connectivity index (χ1) is 8.11. The number of rotatable bonds is 4. The Kier molecular flexibility index (Phi) is 3.21. The van der Waals surface area contributed by atoms with E-state index in [2.05, 4.69) is 5.32 Å². The van der Waals surface area contributed by atoms with Gasteiger partial charge in [-0.05, 0) is 37.0 Å². The van der Waals surface area contributed by atoms with Gasteiger partial charge in [-0.1, -0.05) is 11.6 Å². The number of hydrogen-bond acceptors (Lipinski definition) is 3. The van der Waals surface area contributed by atoms with Gasteiger partial charge in [0.1, 0.15) is 6.04 Å². The maximum Gasteiger partial charge on any atom is 0.326 e. The minimum absolute atomic E-state index is 0.161. The number of halogens is 1. The van der Waals surface area contributed by atoms with E-state index in [4.69, 9.17) is 22.0 Å². The summed E-state index contributed by atoms with van der Waals surface area (Å²) in [6, 6.07) is 6.13. The van der Waals surface area contributed by atoms with Crippen LogP contribution in [0, 0.1) is 17.2 Å². The van der Waals surface area contributed by atoms with Gasteiger partial charge in [0.05, 0.1) is 22.3 Å². The van der Waals surface area contributed by atoms with Crippen molar-refractivity contribution < 1.29 is 9.90 Å². The number of nitrogens with one attached hydrogen (secondary N) is 1. The second-order valence-corrected chi connectivity index (χ2v) is 4.51. The molecule has 1 fully saturated rings. The fourth-order valence-electron chi connectivity index (χ4n) is 1.68. The smallest absolute Gasteiger partial charge is 0.326 e. The molecule has 0 aliphatic heterocycles. The summed E-state index contributed by atoms with van der Waals surface area (Å²) in [5.41, 5.74) is 0.960. The van der Waals surface area contributed by atoms with Crippen molar-refractivity contribution in [3.8, 4) is 6.07 Å². The van der Waals surface area contributed by atoms with Gasteiger partial charge in [0, 0.05) is 0 Å². The Balaban J connectivity index is 2.22. The summed E-state index contributed by atoms with van der Waals surface area (Å²) in [5, 5.41) is 21.2. The number of nitrogens with zero attached hydrogens (tertiary/aromatic N) is 1. The molecule has 88 valence electrons. The highest BCUT2D eigenvalue weighted by atomic mass is 35.5. The number of benzene rings is 1. The number of carboxylic acids is 1. The maximum absolute atomic E-state index is 11.1. The summed E-state index contributed by atoms with van der Waals surface area (Å²) < 4.78 is 0. The van der Waals surface area contributed by atoms with E-state index in [1.54, 1.807) is 18.2 Å². The highest BCUT2D eigenvalue weighted by Gasteiger charge is 2.36. The van der Waals surface area contributed by atoms with Crippen molar-refractivity contribution in [2.45, 2.75) is 18.9 Å². The molecule has 5 heteroatoms. The lowest BCUT2D eigenvalue weighted by atomic mass is 10.1. The number of anilines is 1. The van der Waals surface area contributed by atoms with Crippen LogP contribution in [0.25, 0.3) is 0 Å². The Morgan fingerprint density at radius 1 is 1.59 bits per heavy atom. The minimum Gasteiger partial charge on any atom is -0.480 e. The Labute approximate surface area is 104 Å². The third kappa shape index (κ3) is 2.69.